The summed E-state index contributed by atoms with van der Waals surface area (Å²) < 4.78 is 32.7. The first-order valence-corrected chi connectivity index (χ1v) is 11.4. The summed E-state index contributed by atoms with van der Waals surface area (Å²) in [6, 6.07) is 7.90. The molecule has 0 bridgehead atoms. The minimum atomic E-state index is -2.75. The minimum Gasteiger partial charge on any atom is -0.493 e. The van der Waals surface area contributed by atoms with Crippen LogP contribution in [0.3, 0.4) is 0 Å². The van der Waals surface area contributed by atoms with Crippen LogP contribution in [0.2, 0.25) is 0 Å². The van der Waals surface area contributed by atoms with E-state index in [-0.39, 0.29) is 24.8 Å². The molecule has 4 rings (SSSR count). The van der Waals surface area contributed by atoms with Gasteiger partial charge in [0.05, 0.1) is 13.2 Å². The van der Waals surface area contributed by atoms with E-state index in [1.165, 1.54) is 15.4 Å². The molecule has 3 aliphatic rings. The fraction of sp³-hybridized carbons (Fsp3) is 0.583. The van der Waals surface area contributed by atoms with Crippen molar-refractivity contribution in [1.29, 1.82) is 0 Å². The van der Waals surface area contributed by atoms with Crippen LogP contribution in [-0.2, 0) is 4.79 Å². The van der Waals surface area contributed by atoms with Crippen molar-refractivity contribution < 1.29 is 28.2 Å². The van der Waals surface area contributed by atoms with Crippen molar-refractivity contribution in [2.75, 3.05) is 32.8 Å². The molecule has 6 nitrogen and oxygen atoms in total. The van der Waals surface area contributed by atoms with E-state index in [4.69, 9.17) is 9.84 Å². The molecule has 0 radical (unpaired) electrons. The van der Waals surface area contributed by atoms with Gasteiger partial charge >= 0.3 is 6.09 Å². The zero-order valence-corrected chi connectivity index (χ0v) is 18.1. The maximum atomic E-state index is 13.4. The fourth-order valence-electron chi connectivity index (χ4n) is 4.77. The van der Waals surface area contributed by atoms with Gasteiger partial charge in [-0.05, 0) is 61.3 Å². The first-order valence-electron chi connectivity index (χ1n) is 11.4. The molecular weight excluding hydrogens is 418 g/mol. The van der Waals surface area contributed by atoms with E-state index >= 15 is 0 Å². The molecule has 1 atom stereocenters. The number of carboxylic acid groups (broad SMARTS) is 1. The molecular formula is C24H30F2N2O4. The summed E-state index contributed by atoms with van der Waals surface area (Å²) in [6.07, 6.45) is 4.62. The summed E-state index contributed by atoms with van der Waals surface area (Å²) in [5.41, 5.74) is 2.26. The number of carbonyl (C=O) groups is 2. The van der Waals surface area contributed by atoms with Gasteiger partial charge in [0.25, 0.3) is 5.92 Å². The summed E-state index contributed by atoms with van der Waals surface area (Å²) in [5, 5.41) is 9.02. The first kappa shape index (κ1) is 22.6. The number of allylic oxidation sites excluding steroid dienone is 2. The second-order valence-electron chi connectivity index (χ2n) is 9.11. The molecule has 8 heteroatoms. The van der Waals surface area contributed by atoms with Gasteiger partial charge in [0.15, 0.2) is 0 Å². The van der Waals surface area contributed by atoms with Crippen LogP contribution in [0, 0.1) is 11.8 Å². The Balaban J connectivity index is 1.25. The van der Waals surface area contributed by atoms with E-state index in [0.717, 1.165) is 30.6 Å². The summed E-state index contributed by atoms with van der Waals surface area (Å²) in [7, 11) is 0. The molecule has 0 spiro atoms. The van der Waals surface area contributed by atoms with Gasteiger partial charge in [0.1, 0.15) is 5.75 Å². The summed E-state index contributed by atoms with van der Waals surface area (Å²) >= 11 is 0. The Hall–Kier alpha value is -2.64. The van der Waals surface area contributed by atoms with Crippen LogP contribution in [0.15, 0.2) is 30.3 Å². The monoisotopic (exact) mass is 448 g/mol. The van der Waals surface area contributed by atoms with Crippen LogP contribution in [-0.4, -0.2) is 65.6 Å². The molecule has 1 unspecified atom stereocenters. The van der Waals surface area contributed by atoms with Crippen molar-refractivity contribution in [1.82, 2.24) is 9.80 Å². The molecule has 1 aliphatic carbocycles. The van der Waals surface area contributed by atoms with Gasteiger partial charge < -0.3 is 19.6 Å². The number of carbonyl (C=O) groups excluding carboxylic acids is 1. The molecule has 2 heterocycles. The van der Waals surface area contributed by atoms with Crippen molar-refractivity contribution in [3.8, 4) is 5.75 Å². The van der Waals surface area contributed by atoms with Crippen molar-refractivity contribution in [2.24, 2.45) is 11.8 Å². The smallest absolute Gasteiger partial charge is 0.407 e. The summed E-state index contributed by atoms with van der Waals surface area (Å²) in [5.74, 6) is -1.95. The average molecular weight is 449 g/mol. The molecule has 1 N–H and O–H groups in total. The van der Waals surface area contributed by atoms with E-state index in [1.54, 1.807) is 0 Å². The van der Waals surface area contributed by atoms with Gasteiger partial charge in [-0.3, -0.25) is 4.79 Å². The highest BCUT2D eigenvalue weighted by Gasteiger charge is 2.41. The number of ether oxygens (including phenoxy) is 1. The van der Waals surface area contributed by atoms with E-state index in [0.29, 0.717) is 38.5 Å². The van der Waals surface area contributed by atoms with Crippen LogP contribution in [0.25, 0.3) is 5.57 Å². The standard InChI is InChI=1S/C24H30F2N2O4/c25-24(26)11-14-28(16-24)22(29)20-3-1-18(2-4-20)19-5-7-21(8-6-19)32-15-17-9-12-27(13-10-17)23(30)31/h1,5-8,17,20H,2-4,9-16H2,(H,30,31). The zero-order chi connectivity index (χ0) is 22.7. The summed E-state index contributed by atoms with van der Waals surface area (Å²) in [6.45, 7) is 1.40. The SMILES string of the molecule is O=C(O)N1CCC(COc2ccc(C3=CCC(C(=O)N4CCC(F)(F)C4)CC3)cc2)CC1. The van der Waals surface area contributed by atoms with E-state index in [9.17, 15) is 18.4 Å². The quantitative estimate of drug-likeness (QED) is 0.720. The molecule has 2 amide bonds. The molecule has 2 fully saturated rings. The first-order chi connectivity index (χ1) is 15.3. The van der Waals surface area contributed by atoms with E-state index < -0.39 is 18.6 Å². The molecule has 174 valence electrons. The summed E-state index contributed by atoms with van der Waals surface area (Å²) in [4.78, 5) is 26.3. The van der Waals surface area contributed by atoms with Gasteiger partial charge in [-0.2, -0.15) is 0 Å². The largest absolute Gasteiger partial charge is 0.493 e. The molecule has 1 aromatic carbocycles. The molecule has 0 saturated carbocycles. The highest BCUT2D eigenvalue weighted by Crippen LogP contribution is 2.34. The maximum absolute atomic E-state index is 13.4. The van der Waals surface area contributed by atoms with Crippen LogP contribution in [0.4, 0.5) is 13.6 Å². The van der Waals surface area contributed by atoms with Crippen molar-refractivity contribution in [3.05, 3.63) is 35.9 Å². The Morgan fingerprint density at radius 2 is 1.78 bits per heavy atom. The highest BCUT2D eigenvalue weighted by molar-refractivity contribution is 5.81. The number of rotatable bonds is 5. The number of likely N-dealkylation sites (tertiary alicyclic amines) is 2. The maximum Gasteiger partial charge on any atom is 0.407 e. The number of nitrogens with zero attached hydrogens (tertiary/aromatic N) is 2. The van der Waals surface area contributed by atoms with Gasteiger partial charge in [0, 0.05) is 32.0 Å². The third-order valence-electron chi connectivity index (χ3n) is 6.84. The molecule has 1 aromatic rings. The van der Waals surface area contributed by atoms with Crippen molar-refractivity contribution in [3.63, 3.8) is 0 Å². The van der Waals surface area contributed by atoms with E-state index in [1.807, 2.05) is 24.3 Å². The lowest BCUT2D eigenvalue weighted by Gasteiger charge is -2.29. The molecule has 2 saturated heterocycles. The van der Waals surface area contributed by atoms with Crippen molar-refractivity contribution >= 4 is 17.6 Å². The number of alkyl halides is 2. The number of amides is 2. The molecule has 2 aliphatic heterocycles. The Bertz CT molecular complexity index is 863. The lowest BCUT2D eigenvalue weighted by atomic mass is 9.86. The normalized spacial score (nSPS) is 23.7. The number of halogens is 2. The lowest BCUT2D eigenvalue weighted by Crippen LogP contribution is -2.38. The van der Waals surface area contributed by atoms with Crippen LogP contribution in [0.5, 0.6) is 5.75 Å². The number of benzene rings is 1. The number of hydrogen-bond acceptors (Lipinski definition) is 3. The predicted molar refractivity (Wildman–Crippen MR) is 116 cm³/mol. The third kappa shape index (κ3) is 5.40. The fourth-order valence-corrected chi connectivity index (χ4v) is 4.77. The van der Waals surface area contributed by atoms with Crippen LogP contribution >= 0.6 is 0 Å². The average Bonchev–Trinajstić information content (AvgIpc) is 3.17. The van der Waals surface area contributed by atoms with Crippen LogP contribution in [0.1, 0.15) is 44.1 Å². The second kappa shape index (κ2) is 9.46. The topological polar surface area (TPSA) is 70.1 Å². The van der Waals surface area contributed by atoms with E-state index in [2.05, 4.69) is 6.08 Å². The Morgan fingerprint density at radius 3 is 2.34 bits per heavy atom. The zero-order valence-electron chi connectivity index (χ0n) is 18.1. The van der Waals surface area contributed by atoms with Gasteiger partial charge in [0.2, 0.25) is 5.91 Å². The Morgan fingerprint density at radius 1 is 1.06 bits per heavy atom. The third-order valence-corrected chi connectivity index (χ3v) is 6.84. The number of hydrogen-bond donors (Lipinski definition) is 1. The Labute approximate surface area is 186 Å². The second-order valence-corrected chi connectivity index (χ2v) is 9.11. The number of piperidine rings is 1. The van der Waals surface area contributed by atoms with Crippen molar-refractivity contribution in [2.45, 2.75) is 44.4 Å². The minimum absolute atomic E-state index is 0.143. The van der Waals surface area contributed by atoms with Gasteiger partial charge in [-0.1, -0.05) is 18.2 Å². The highest BCUT2D eigenvalue weighted by atomic mass is 19.3. The molecule has 0 aromatic heterocycles. The predicted octanol–water partition coefficient (Wildman–Crippen LogP) is 4.51. The van der Waals surface area contributed by atoms with Gasteiger partial charge in [-0.25, -0.2) is 13.6 Å². The molecule has 32 heavy (non-hydrogen) atoms. The van der Waals surface area contributed by atoms with Gasteiger partial charge in [-0.15, -0.1) is 0 Å². The van der Waals surface area contributed by atoms with Crippen LogP contribution < -0.4 is 4.74 Å². The lowest BCUT2D eigenvalue weighted by molar-refractivity contribution is -0.136. The Kier molecular flexibility index (Phi) is 6.67.